The molecule has 1 amide bonds. The van der Waals surface area contributed by atoms with Crippen molar-refractivity contribution in [1.29, 1.82) is 0 Å². The van der Waals surface area contributed by atoms with Crippen molar-refractivity contribution in [1.82, 2.24) is 5.32 Å². The summed E-state index contributed by atoms with van der Waals surface area (Å²) in [7, 11) is 1.56. The Hall–Kier alpha value is -3.02. The summed E-state index contributed by atoms with van der Waals surface area (Å²) in [6.07, 6.45) is 1.29. The fraction of sp³-hybridized carbons (Fsp3) is 0.391. The first-order chi connectivity index (χ1) is 13.9. The molecule has 2 aliphatic heterocycles. The van der Waals surface area contributed by atoms with E-state index in [2.05, 4.69) is 5.32 Å². The second-order valence-electron chi connectivity index (χ2n) is 8.07. The minimum Gasteiger partial charge on any atom is -0.493 e. The molecule has 152 valence electrons. The number of Topliss-reactive ketones (excluding diaryl/α,β-unsaturated/α-hetero) is 1. The lowest BCUT2D eigenvalue weighted by Gasteiger charge is -2.25. The number of benzene rings is 2. The average molecular weight is 395 g/mol. The first-order valence-electron chi connectivity index (χ1n) is 9.80. The highest BCUT2D eigenvalue weighted by molar-refractivity contribution is 6.00. The van der Waals surface area contributed by atoms with Crippen LogP contribution in [0, 0.1) is 0 Å². The van der Waals surface area contributed by atoms with E-state index in [0.29, 0.717) is 36.5 Å². The first kappa shape index (κ1) is 19.3. The monoisotopic (exact) mass is 395 g/mol. The van der Waals surface area contributed by atoms with Gasteiger partial charge in [-0.3, -0.25) is 9.59 Å². The number of carbonyl (C=O) groups is 2. The molecule has 0 bridgehead atoms. The van der Waals surface area contributed by atoms with Crippen molar-refractivity contribution in [3.05, 3.63) is 53.1 Å². The number of methoxy groups -OCH3 is 1. The molecule has 0 spiro atoms. The highest BCUT2D eigenvalue weighted by Gasteiger charge is 2.33. The van der Waals surface area contributed by atoms with Crippen LogP contribution in [0.5, 0.6) is 17.2 Å². The Morgan fingerprint density at radius 1 is 1.24 bits per heavy atom. The number of carbonyl (C=O) groups excluding carboxylic acids is 2. The van der Waals surface area contributed by atoms with E-state index in [1.54, 1.807) is 13.2 Å². The van der Waals surface area contributed by atoms with Crippen LogP contribution in [0.2, 0.25) is 0 Å². The van der Waals surface area contributed by atoms with Crippen molar-refractivity contribution in [2.24, 2.45) is 0 Å². The van der Waals surface area contributed by atoms with E-state index in [1.807, 2.05) is 44.2 Å². The fourth-order valence-electron chi connectivity index (χ4n) is 4.00. The van der Waals surface area contributed by atoms with E-state index < -0.39 is 0 Å². The van der Waals surface area contributed by atoms with Crippen LogP contribution in [0.15, 0.2) is 36.4 Å². The summed E-state index contributed by atoms with van der Waals surface area (Å²) in [6, 6.07) is 11.0. The number of fused-ring (bicyclic) bond motifs is 2. The van der Waals surface area contributed by atoms with Crippen LogP contribution < -0.4 is 19.5 Å². The minimum atomic E-state index is -0.331. The van der Waals surface area contributed by atoms with Crippen molar-refractivity contribution in [3.8, 4) is 17.2 Å². The van der Waals surface area contributed by atoms with Crippen LogP contribution >= 0.6 is 0 Å². The first-order valence-corrected chi connectivity index (χ1v) is 9.80. The largest absolute Gasteiger partial charge is 0.493 e. The van der Waals surface area contributed by atoms with E-state index in [9.17, 15) is 9.59 Å². The molecule has 2 aromatic rings. The standard InChI is InChI=1S/C23H25NO5/c1-23(2)12-15-10-14(11-20(27-3)21(15)29-23)18(25)13-24-22(26)17-8-9-28-19-7-5-4-6-16(17)19/h4-7,10-11,17H,8-9,12-13H2,1-3H3,(H,24,26). The smallest absolute Gasteiger partial charge is 0.228 e. The maximum absolute atomic E-state index is 12.8. The van der Waals surface area contributed by atoms with Crippen LogP contribution in [0.1, 0.15) is 47.7 Å². The number of amides is 1. The third-order valence-corrected chi connectivity index (χ3v) is 5.37. The number of ketones is 1. The maximum atomic E-state index is 12.8. The van der Waals surface area contributed by atoms with Gasteiger partial charge in [0.1, 0.15) is 11.4 Å². The van der Waals surface area contributed by atoms with E-state index in [1.165, 1.54) is 0 Å². The molecule has 0 aliphatic carbocycles. The predicted molar refractivity (Wildman–Crippen MR) is 108 cm³/mol. The Bertz CT molecular complexity index is 966. The summed E-state index contributed by atoms with van der Waals surface area (Å²) >= 11 is 0. The average Bonchev–Trinajstić information content (AvgIpc) is 3.04. The van der Waals surface area contributed by atoms with Crippen LogP contribution in [0.4, 0.5) is 0 Å². The van der Waals surface area contributed by atoms with E-state index in [-0.39, 0.29) is 29.8 Å². The van der Waals surface area contributed by atoms with Crippen LogP contribution in [-0.2, 0) is 11.2 Å². The molecule has 1 N–H and O–H groups in total. The van der Waals surface area contributed by atoms with Crippen LogP contribution in [0.3, 0.4) is 0 Å². The van der Waals surface area contributed by atoms with Crippen molar-refractivity contribution in [2.75, 3.05) is 20.3 Å². The predicted octanol–water partition coefficient (Wildman–Crippen LogP) is 3.27. The molecule has 0 fully saturated rings. The number of rotatable bonds is 5. The Labute approximate surface area is 170 Å². The Balaban J connectivity index is 1.47. The third kappa shape index (κ3) is 3.79. The van der Waals surface area contributed by atoms with Gasteiger partial charge in [-0.2, -0.15) is 0 Å². The summed E-state index contributed by atoms with van der Waals surface area (Å²) in [6.45, 7) is 4.42. The summed E-state index contributed by atoms with van der Waals surface area (Å²) in [4.78, 5) is 25.5. The normalized spacial score (nSPS) is 18.7. The maximum Gasteiger partial charge on any atom is 0.228 e. The van der Waals surface area contributed by atoms with E-state index in [4.69, 9.17) is 14.2 Å². The second kappa shape index (κ2) is 7.43. The van der Waals surface area contributed by atoms with Gasteiger partial charge in [-0.15, -0.1) is 0 Å². The van der Waals surface area contributed by atoms with Gasteiger partial charge in [-0.05, 0) is 38.5 Å². The summed E-state index contributed by atoms with van der Waals surface area (Å²) < 4.78 is 17.0. The lowest BCUT2D eigenvalue weighted by atomic mass is 9.92. The van der Waals surface area contributed by atoms with Crippen molar-refractivity contribution >= 4 is 11.7 Å². The summed E-state index contributed by atoms with van der Waals surface area (Å²) in [5.74, 6) is 1.34. The Morgan fingerprint density at radius 2 is 2.03 bits per heavy atom. The summed E-state index contributed by atoms with van der Waals surface area (Å²) in [5, 5.41) is 2.80. The number of hydrogen-bond donors (Lipinski definition) is 1. The van der Waals surface area contributed by atoms with Gasteiger partial charge in [0.2, 0.25) is 5.91 Å². The van der Waals surface area contributed by atoms with Gasteiger partial charge in [-0.25, -0.2) is 0 Å². The molecule has 0 radical (unpaired) electrons. The second-order valence-corrected chi connectivity index (χ2v) is 8.07. The molecular formula is C23H25NO5. The SMILES string of the molecule is COc1cc(C(=O)CNC(=O)C2CCOc3ccccc32)cc2c1OC(C)(C)C2. The number of nitrogens with one attached hydrogen (secondary N) is 1. The zero-order valence-corrected chi connectivity index (χ0v) is 16.9. The van der Waals surface area contributed by atoms with Gasteiger partial charge in [0, 0.05) is 23.1 Å². The molecule has 2 aliphatic rings. The fourth-order valence-corrected chi connectivity index (χ4v) is 4.00. The van der Waals surface area contributed by atoms with Gasteiger partial charge in [-0.1, -0.05) is 18.2 Å². The quantitative estimate of drug-likeness (QED) is 0.787. The molecule has 1 unspecified atom stereocenters. The Morgan fingerprint density at radius 3 is 2.83 bits per heavy atom. The molecule has 6 heteroatoms. The molecule has 1 atom stereocenters. The van der Waals surface area contributed by atoms with Gasteiger partial charge < -0.3 is 19.5 Å². The highest BCUT2D eigenvalue weighted by Crippen LogP contribution is 2.42. The minimum absolute atomic E-state index is 0.0649. The molecule has 2 heterocycles. The lowest BCUT2D eigenvalue weighted by molar-refractivity contribution is -0.123. The highest BCUT2D eigenvalue weighted by atomic mass is 16.5. The molecular weight excluding hydrogens is 370 g/mol. The van der Waals surface area contributed by atoms with Crippen molar-refractivity contribution < 1.29 is 23.8 Å². The molecule has 4 rings (SSSR count). The van der Waals surface area contributed by atoms with Crippen molar-refractivity contribution in [3.63, 3.8) is 0 Å². The topological polar surface area (TPSA) is 73.9 Å². The van der Waals surface area contributed by atoms with Crippen LogP contribution in [-0.4, -0.2) is 37.6 Å². The van der Waals surface area contributed by atoms with Gasteiger partial charge in [0.15, 0.2) is 17.3 Å². The zero-order valence-electron chi connectivity index (χ0n) is 16.9. The molecule has 0 saturated heterocycles. The number of ether oxygens (including phenoxy) is 3. The van der Waals surface area contributed by atoms with Crippen molar-refractivity contribution in [2.45, 2.75) is 38.2 Å². The Kier molecular flexibility index (Phi) is 4.94. The molecule has 6 nitrogen and oxygen atoms in total. The summed E-state index contributed by atoms with van der Waals surface area (Å²) in [5.41, 5.74) is 1.99. The zero-order chi connectivity index (χ0) is 20.6. The van der Waals surface area contributed by atoms with Crippen LogP contribution in [0.25, 0.3) is 0 Å². The third-order valence-electron chi connectivity index (χ3n) is 5.37. The molecule has 0 saturated carbocycles. The molecule has 2 aromatic carbocycles. The number of para-hydroxylation sites is 1. The van der Waals surface area contributed by atoms with Gasteiger partial charge >= 0.3 is 0 Å². The van der Waals surface area contributed by atoms with Gasteiger partial charge in [0.25, 0.3) is 0 Å². The molecule has 29 heavy (non-hydrogen) atoms. The van der Waals surface area contributed by atoms with E-state index >= 15 is 0 Å². The molecule has 0 aromatic heterocycles. The lowest BCUT2D eigenvalue weighted by Crippen LogP contribution is -2.35. The number of hydrogen-bond acceptors (Lipinski definition) is 5. The van der Waals surface area contributed by atoms with E-state index in [0.717, 1.165) is 16.9 Å². The van der Waals surface area contributed by atoms with Gasteiger partial charge in [0.05, 0.1) is 26.2 Å².